The molecule has 0 fully saturated rings. The molecule has 0 aliphatic carbocycles. The first kappa shape index (κ1) is 19.7. The number of aliphatic imine (C=N–C) groups is 1. The van der Waals surface area contributed by atoms with Crippen molar-refractivity contribution in [3.05, 3.63) is 65.2 Å². The van der Waals surface area contributed by atoms with Gasteiger partial charge in [0.25, 0.3) is 11.8 Å². The number of para-hydroxylation sites is 1. The van der Waals surface area contributed by atoms with Gasteiger partial charge in [0.05, 0.1) is 17.4 Å². The third-order valence-electron chi connectivity index (χ3n) is 4.56. The van der Waals surface area contributed by atoms with Crippen LogP contribution in [0.2, 0.25) is 0 Å². The summed E-state index contributed by atoms with van der Waals surface area (Å²) < 4.78 is 0. The molecule has 1 aliphatic rings. The number of hydrazine groups is 1. The molecule has 2 amide bonds. The van der Waals surface area contributed by atoms with Gasteiger partial charge in [-0.3, -0.25) is 20.0 Å². The van der Waals surface area contributed by atoms with Crippen molar-refractivity contribution in [3.8, 4) is 11.3 Å². The Morgan fingerprint density at radius 3 is 2.67 bits per heavy atom. The third kappa shape index (κ3) is 4.06. The lowest BCUT2D eigenvalue weighted by molar-refractivity contribution is -0.120. The minimum Gasteiger partial charge on any atom is -0.340 e. The number of amidine groups is 1. The number of nitrogens with one attached hydrogen (secondary N) is 2. The second-order valence-corrected chi connectivity index (χ2v) is 7.67. The predicted molar refractivity (Wildman–Crippen MR) is 116 cm³/mol. The van der Waals surface area contributed by atoms with E-state index in [4.69, 9.17) is 0 Å². The Hall–Kier alpha value is -3.59. The number of hydrogen-bond donors (Lipinski definition) is 2. The van der Waals surface area contributed by atoms with E-state index in [1.807, 2.05) is 42.6 Å². The van der Waals surface area contributed by atoms with E-state index in [2.05, 4.69) is 25.7 Å². The number of rotatable bonds is 5. The van der Waals surface area contributed by atoms with E-state index in [0.717, 1.165) is 16.3 Å². The van der Waals surface area contributed by atoms with Gasteiger partial charge in [0, 0.05) is 23.3 Å². The van der Waals surface area contributed by atoms with E-state index in [0.29, 0.717) is 5.69 Å². The molecular weight excluding hydrogens is 400 g/mol. The number of thiazole rings is 1. The molecule has 3 aromatic rings. The van der Waals surface area contributed by atoms with E-state index in [9.17, 15) is 9.59 Å². The SMILES string of the molecule is CC1N=C(C(=O)NC(C)c2nc(-c3ccncc3)cs2)NN(c2ccccc2)C1=O. The van der Waals surface area contributed by atoms with E-state index in [1.54, 1.807) is 31.5 Å². The molecule has 9 heteroatoms. The van der Waals surface area contributed by atoms with Gasteiger partial charge in [0.1, 0.15) is 11.0 Å². The smallest absolute Gasteiger partial charge is 0.288 e. The first-order valence-corrected chi connectivity index (χ1v) is 10.3. The number of benzene rings is 1. The van der Waals surface area contributed by atoms with Crippen LogP contribution in [0.1, 0.15) is 24.9 Å². The summed E-state index contributed by atoms with van der Waals surface area (Å²) in [6.07, 6.45) is 3.43. The van der Waals surface area contributed by atoms with Crippen LogP contribution in [0.4, 0.5) is 5.69 Å². The Kier molecular flexibility index (Phi) is 5.53. The van der Waals surface area contributed by atoms with Crippen LogP contribution in [0, 0.1) is 0 Å². The molecule has 3 heterocycles. The van der Waals surface area contributed by atoms with Gasteiger partial charge < -0.3 is 5.32 Å². The van der Waals surface area contributed by atoms with Crippen molar-refractivity contribution in [1.29, 1.82) is 0 Å². The zero-order valence-corrected chi connectivity index (χ0v) is 17.3. The van der Waals surface area contributed by atoms with Crippen molar-refractivity contribution in [3.63, 3.8) is 0 Å². The summed E-state index contributed by atoms with van der Waals surface area (Å²) in [7, 11) is 0. The Morgan fingerprint density at radius 1 is 1.20 bits per heavy atom. The van der Waals surface area contributed by atoms with Crippen molar-refractivity contribution in [2.24, 2.45) is 4.99 Å². The summed E-state index contributed by atoms with van der Waals surface area (Å²) in [6.45, 7) is 3.53. The van der Waals surface area contributed by atoms with Crippen molar-refractivity contribution >= 4 is 34.7 Å². The van der Waals surface area contributed by atoms with Crippen molar-refractivity contribution in [2.45, 2.75) is 25.9 Å². The van der Waals surface area contributed by atoms with Crippen molar-refractivity contribution in [2.75, 3.05) is 5.01 Å². The van der Waals surface area contributed by atoms with Gasteiger partial charge in [-0.15, -0.1) is 11.3 Å². The van der Waals surface area contributed by atoms with E-state index >= 15 is 0 Å². The first-order chi connectivity index (χ1) is 14.5. The van der Waals surface area contributed by atoms with Crippen LogP contribution in [0.5, 0.6) is 0 Å². The number of anilines is 1. The van der Waals surface area contributed by atoms with Gasteiger partial charge in [-0.05, 0) is 38.1 Å². The summed E-state index contributed by atoms with van der Waals surface area (Å²) in [4.78, 5) is 38.2. The molecular formula is C21H20N6O2S. The normalized spacial score (nSPS) is 17.1. The Morgan fingerprint density at radius 2 is 1.93 bits per heavy atom. The monoisotopic (exact) mass is 420 g/mol. The average molecular weight is 420 g/mol. The number of nitrogens with zero attached hydrogens (tertiary/aromatic N) is 4. The van der Waals surface area contributed by atoms with Gasteiger partial charge in [-0.25, -0.2) is 15.0 Å². The van der Waals surface area contributed by atoms with Crippen LogP contribution in [-0.2, 0) is 9.59 Å². The Labute approximate surface area is 177 Å². The summed E-state index contributed by atoms with van der Waals surface area (Å²) in [6, 6.07) is 11.9. The summed E-state index contributed by atoms with van der Waals surface area (Å²) >= 11 is 1.47. The predicted octanol–water partition coefficient (Wildman–Crippen LogP) is 2.72. The molecule has 152 valence electrons. The highest BCUT2D eigenvalue weighted by Gasteiger charge is 2.31. The number of amides is 2. The molecule has 0 radical (unpaired) electrons. The minimum absolute atomic E-state index is 0.0868. The van der Waals surface area contributed by atoms with Gasteiger partial charge in [0.15, 0.2) is 0 Å². The van der Waals surface area contributed by atoms with Crippen LogP contribution in [-0.4, -0.2) is 33.7 Å². The van der Waals surface area contributed by atoms with Crippen LogP contribution in [0.3, 0.4) is 0 Å². The molecule has 4 rings (SSSR count). The zero-order chi connectivity index (χ0) is 21.1. The molecule has 2 N–H and O–H groups in total. The van der Waals surface area contributed by atoms with Gasteiger partial charge >= 0.3 is 0 Å². The lowest BCUT2D eigenvalue weighted by Crippen LogP contribution is -2.58. The van der Waals surface area contributed by atoms with E-state index in [-0.39, 0.29) is 17.8 Å². The highest BCUT2D eigenvalue weighted by molar-refractivity contribution is 7.10. The number of pyridine rings is 1. The highest BCUT2D eigenvalue weighted by Crippen LogP contribution is 2.25. The lowest BCUT2D eigenvalue weighted by atomic mass is 10.2. The largest absolute Gasteiger partial charge is 0.340 e. The molecule has 0 saturated carbocycles. The fourth-order valence-corrected chi connectivity index (χ4v) is 3.81. The molecule has 8 nitrogen and oxygen atoms in total. The maximum absolute atomic E-state index is 12.8. The molecule has 0 bridgehead atoms. The van der Waals surface area contributed by atoms with Crippen LogP contribution >= 0.6 is 11.3 Å². The van der Waals surface area contributed by atoms with Crippen LogP contribution in [0.25, 0.3) is 11.3 Å². The fraction of sp³-hybridized carbons (Fsp3) is 0.190. The second kappa shape index (κ2) is 8.42. The van der Waals surface area contributed by atoms with Crippen molar-refractivity contribution < 1.29 is 9.59 Å². The lowest BCUT2D eigenvalue weighted by Gasteiger charge is -2.30. The average Bonchev–Trinajstić information content (AvgIpc) is 3.27. The molecule has 2 atom stereocenters. The first-order valence-electron chi connectivity index (χ1n) is 9.43. The minimum atomic E-state index is -0.666. The second-order valence-electron chi connectivity index (χ2n) is 6.78. The molecule has 0 saturated heterocycles. The van der Waals surface area contributed by atoms with Gasteiger partial charge in [-0.1, -0.05) is 18.2 Å². The summed E-state index contributed by atoms with van der Waals surface area (Å²) in [5.74, 6) is -0.542. The van der Waals surface area contributed by atoms with Crippen LogP contribution in [0.15, 0.2) is 65.2 Å². The summed E-state index contributed by atoms with van der Waals surface area (Å²) in [5.41, 5.74) is 5.28. The molecule has 0 spiro atoms. The molecule has 2 unspecified atom stereocenters. The Bertz CT molecular complexity index is 1080. The molecule has 1 aliphatic heterocycles. The van der Waals surface area contributed by atoms with Crippen LogP contribution < -0.4 is 15.8 Å². The van der Waals surface area contributed by atoms with Gasteiger partial charge in [0.2, 0.25) is 5.84 Å². The molecule has 1 aromatic carbocycles. The fourth-order valence-electron chi connectivity index (χ4n) is 2.97. The number of hydrogen-bond acceptors (Lipinski definition) is 7. The Balaban J connectivity index is 1.47. The van der Waals surface area contributed by atoms with E-state index in [1.165, 1.54) is 16.3 Å². The van der Waals surface area contributed by atoms with Gasteiger partial charge in [-0.2, -0.15) is 0 Å². The summed E-state index contributed by atoms with van der Waals surface area (Å²) in [5, 5.41) is 6.97. The number of carbonyl (C=O) groups excluding carboxylic acids is 2. The molecule has 2 aromatic heterocycles. The maximum Gasteiger partial charge on any atom is 0.288 e. The zero-order valence-electron chi connectivity index (χ0n) is 16.4. The molecule has 30 heavy (non-hydrogen) atoms. The number of aromatic nitrogens is 2. The third-order valence-corrected chi connectivity index (χ3v) is 5.59. The quantitative estimate of drug-likeness (QED) is 0.661. The topological polar surface area (TPSA) is 99.6 Å². The standard InChI is InChI=1S/C21H20N6O2S/c1-13(20-25-17(12-30-20)15-8-10-22-11-9-15)24-19(28)18-23-14(2)21(29)27(26-18)16-6-4-3-5-7-16/h3-14H,1-2H3,(H,23,26)(H,24,28). The maximum atomic E-state index is 12.8. The van der Waals surface area contributed by atoms with Crippen molar-refractivity contribution in [1.82, 2.24) is 20.7 Å². The highest BCUT2D eigenvalue weighted by atomic mass is 32.1. The van der Waals surface area contributed by atoms with E-state index < -0.39 is 11.9 Å². The number of carbonyl (C=O) groups is 2.